The summed E-state index contributed by atoms with van der Waals surface area (Å²) in [5, 5.41) is 9.40. The van der Waals surface area contributed by atoms with Crippen LogP contribution in [0.4, 0.5) is 0 Å². The average molecular weight is 623 g/mol. The third kappa shape index (κ3) is 3.30. The lowest BCUT2D eigenvalue weighted by Crippen LogP contribution is -1.99. The van der Waals surface area contributed by atoms with Crippen LogP contribution in [0.3, 0.4) is 0 Å². The highest BCUT2D eigenvalue weighted by atomic mass is 32.1. The Bertz CT molecular complexity index is 2870. The number of aromatic nitrogens is 2. The fourth-order valence-electron chi connectivity index (χ4n) is 8.02. The molecule has 0 atom stereocenters. The van der Waals surface area contributed by atoms with Crippen molar-refractivity contribution in [3.8, 4) is 11.4 Å². The molecule has 46 heavy (non-hydrogen) atoms. The highest BCUT2D eigenvalue weighted by molar-refractivity contribution is 7.29. The van der Waals surface area contributed by atoms with Crippen LogP contribution in [-0.2, 0) is 6.42 Å². The Morgan fingerprint density at radius 1 is 0.478 bits per heavy atom. The summed E-state index contributed by atoms with van der Waals surface area (Å²) in [6.45, 7) is 0. The maximum atomic E-state index is 2.47. The predicted octanol–water partition coefficient (Wildman–Crippen LogP) is 12.4. The quantitative estimate of drug-likeness (QED) is 0.182. The first-order valence-electron chi connectivity index (χ1n) is 15.9. The first-order valence-corrected chi connectivity index (χ1v) is 17.5. The molecule has 0 saturated carbocycles. The Morgan fingerprint density at radius 2 is 1.09 bits per heavy atom. The van der Waals surface area contributed by atoms with E-state index in [1.54, 1.807) is 0 Å². The zero-order valence-electron chi connectivity index (χ0n) is 24.8. The van der Waals surface area contributed by atoms with E-state index in [0.29, 0.717) is 0 Å². The van der Waals surface area contributed by atoms with E-state index in [1.807, 2.05) is 22.7 Å². The van der Waals surface area contributed by atoms with Gasteiger partial charge in [0, 0.05) is 73.6 Å². The van der Waals surface area contributed by atoms with E-state index < -0.39 is 0 Å². The summed E-state index contributed by atoms with van der Waals surface area (Å²) in [5.74, 6) is 0. The van der Waals surface area contributed by atoms with Crippen LogP contribution in [0.15, 0.2) is 127 Å². The van der Waals surface area contributed by atoms with Gasteiger partial charge >= 0.3 is 0 Å². The van der Waals surface area contributed by atoms with Crippen molar-refractivity contribution in [2.24, 2.45) is 0 Å². The molecule has 10 aromatic rings. The Morgan fingerprint density at radius 3 is 1.85 bits per heavy atom. The summed E-state index contributed by atoms with van der Waals surface area (Å²) < 4.78 is 10.3. The molecule has 0 saturated heterocycles. The monoisotopic (exact) mass is 622 g/mol. The van der Waals surface area contributed by atoms with E-state index in [4.69, 9.17) is 0 Å². The lowest BCUT2D eigenvalue weighted by molar-refractivity contribution is 0.968. The third-order valence-corrected chi connectivity index (χ3v) is 12.3. The van der Waals surface area contributed by atoms with E-state index in [9.17, 15) is 0 Å². The molecular weight excluding hydrogens is 597 g/mol. The van der Waals surface area contributed by atoms with Crippen LogP contribution >= 0.6 is 22.7 Å². The van der Waals surface area contributed by atoms with Crippen molar-refractivity contribution in [2.45, 2.75) is 12.8 Å². The van der Waals surface area contributed by atoms with Crippen LogP contribution in [0, 0.1) is 0 Å². The van der Waals surface area contributed by atoms with Crippen molar-refractivity contribution < 1.29 is 0 Å². The van der Waals surface area contributed by atoms with Crippen molar-refractivity contribution in [3.05, 3.63) is 139 Å². The second kappa shape index (κ2) is 9.20. The van der Waals surface area contributed by atoms with Crippen LogP contribution in [0.5, 0.6) is 0 Å². The molecule has 0 spiro atoms. The number of fused-ring (bicyclic) bond motifs is 13. The van der Waals surface area contributed by atoms with E-state index in [2.05, 4.69) is 143 Å². The van der Waals surface area contributed by atoms with Gasteiger partial charge in [0.1, 0.15) is 0 Å². The topological polar surface area (TPSA) is 9.86 Å². The lowest BCUT2D eigenvalue weighted by atomic mass is 10.0. The minimum Gasteiger partial charge on any atom is -0.310 e. The van der Waals surface area contributed by atoms with Crippen molar-refractivity contribution in [3.63, 3.8) is 0 Å². The summed E-state index contributed by atoms with van der Waals surface area (Å²) in [5.41, 5.74) is 9.05. The van der Waals surface area contributed by atoms with Crippen molar-refractivity contribution in [1.82, 2.24) is 9.13 Å². The number of allylic oxidation sites excluding steroid dienone is 1. The molecule has 2 nitrogen and oxygen atoms in total. The van der Waals surface area contributed by atoms with Crippen LogP contribution < -0.4 is 0 Å². The van der Waals surface area contributed by atoms with Gasteiger partial charge < -0.3 is 9.13 Å². The van der Waals surface area contributed by atoms with Crippen LogP contribution in [-0.4, -0.2) is 9.13 Å². The van der Waals surface area contributed by atoms with Crippen molar-refractivity contribution in [1.29, 1.82) is 0 Å². The first kappa shape index (κ1) is 25.1. The molecule has 0 aliphatic heterocycles. The molecule has 4 aromatic heterocycles. The van der Waals surface area contributed by atoms with Crippen LogP contribution in [0.2, 0.25) is 0 Å². The van der Waals surface area contributed by atoms with Gasteiger partial charge in [-0.3, -0.25) is 0 Å². The molecule has 0 unspecified atom stereocenters. The maximum Gasteiger partial charge on any atom is 0.0541 e. The average Bonchev–Trinajstić information content (AvgIpc) is 3.85. The number of para-hydroxylation sites is 3. The number of nitrogens with zero attached hydrogens (tertiary/aromatic N) is 2. The van der Waals surface area contributed by atoms with E-state index in [-0.39, 0.29) is 0 Å². The standard InChI is InChI=1S/C42H26N2S2/c1-5-13-34-27(9-1)28-10-2-6-14-35(28)43(34)25-17-19-31-32-21-22-38-41(42(32)46-39(31)23-25)33-20-18-26(24-40(33)45-38)44-36-15-7-3-11-29(36)30-12-4-8-16-37(30)44/h1,3-9,11-24H,2,10H2. The molecule has 0 N–H and O–H groups in total. The number of rotatable bonds is 2. The summed E-state index contributed by atoms with van der Waals surface area (Å²) in [4.78, 5) is 0. The highest BCUT2D eigenvalue weighted by Crippen LogP contribution is 2.46. The second-order valence-electron chi connectivity index (χ2n) is 12.4. The number of thiophene rings is 2. The zero-order chi connectivity index (χ0) is 29.9. The maximum absolute atomic E-state index is 2.47. The van der Waals surface area contributed by atoms with Crippen LogP contribution in [0.25, 0.3) is 90.5 Å². The number of hydrogen-bond acceptors (Lipinski definition) is 2. The molecule has 4 heteroatoms. The molecular formula is C42H26N2S2. The minimum atomic E-state index is 1.10. The molecule has 6 aromatic carbocycles. The molecule has 11 rings (SSSR count). The fraction of sp³-hybridized carbons (Fsp3) is 0.0476. The van der Waals surface area contributed by atoms with E-state index in [0.717, 1.165) is 12.8 Å². The highest BCUT2D eigenvalue weighted by Gasteiger charge is 2.20. The summed E-state index contributed by atoms with van der Waals surface area (Å²) in [6.07, 6.45) is 6.86. The Balaban J connectivity index is 1.12. The van der Waals surface area contributed by atoms with Crippen molar-refractivity contribution in [2.75, 3.05) is 0 Å². The lowest BCUT2D eigenvalue weighted by Gasteiger charge is -2.12. The van der Waals surface area contributed by atoms with Crippen LogP contribution in [0.1, 0.15) is 17.7 Å². The van der Waals surface area contributed by atoms with Gasteiger partial charge in [-0.05, 0) is 73.0 Å². The van der Waals surface area contributed by atoms with Gasteiger partial charge in [0.15, 0.2) is 0 Å². The first-order chi connectivity index (χ1) is 22.8. The zero-order valence-corrected chi connectivity index (χ0v) is 26.5. The molecule has 0 bridgehead atoms. The van der Waals surface area contributed by atoms with Gasteiger partial charge in [0.25, 0.3) is 0 Å². The third-order valence-electron chi connectivity index (χ3n) is 9.99. The number of hydrogen-bond donors (Lipinski definition) is 0. The Hall–Kier alpha value is -5.16. The van der Waals surface area contributed by atoms with Crippen molar-refractivity contribution >= 4 is 102 Å². The van der Waals surface area contributed by atoms with Gasteiger partial charge in [0.05, 0.1) is 16.6 Å². The summed E-state index contributed by atoms with van der Waals surface area (Å²) >= 11 is 3.85. The summed E-state index contributed by atoms with van der Waals surface area (Å²) in [7, 11) is 0. The minimum absolute atomic E-state index is 1.10. The molecule has 4 heterocycles. The SMILES string of the molecule is C1=Cc2c(c3ccccc3n2-c2ccc3c(c2)sc2c3ccc3sc4cc(-n5c6ccccc6c6ccccc65)ccc4c32)CC1. The number of benzene rings is 6. The molecule has 1 aliphatic rings. The van der Waals surface area contributed by atoms with Gasteiger partial charge in [-0.15, -0.1) is 22.7 Å². The molecule has 0 radical (unpaired) electrons. The summed E-state index contributed by atoms with van der Waals surface area (Å²) in [6, 6.07) is 45.2. The second-order valence-corrected chi connectivity index (χ2v) is 14.5. The molecule has 0 fully saturated rings. The van der Waals surface area contributed by atoms with Gasteiger partial charge in [-0.1, -0.05) is 78.9 Å². The molecule has 0 amide bonds. The normalized spacial score (nSPS) is 13.4. The van der Waals surface area contributed by atoms with E-state index >= 15 is 0 Å². The molecule has 216 valence electrons. The smallest absolute Gasteiger partial charge is 0.0541 e. The van der Waals surface area contributed by atoms with Gasteiger partial charge in [0.2, 0.25) is 0 Å². The van der Waals surface area contributed by atoms with E-state index in [1.165, 1.54) is 95.7 Å². The predicted molar refractivity (Wildman–Crippen MR) is 201 cm³/mol. The Kier molecular flexibility index (Phi) is 5.01. The fourth-order valence-corrected chi connectivity index (χ4v) is 10.5. The Labute approximate surface area is 272 Å². The van der Waals surface area contributed by atoms with Gasteiger partial charge in [-0.2, -0.15) is 0 Å². The number of aryl methyl sites for hydroxylation is 1. The largest absolute Gasteiger partial charge is 0.310 e. The van der Waals surface area contributed by atoms with Gasteiger partial charge in [-0.25, -0.2) is 0 Å². The molecule has 1 aliphatic carbocycles.